The summed E-state index contributed by atoms with van der Waals surface area (Å²) in [6, 6.07) is 15.8. The number of carbonyl (C=O) groups is 2. The van der Waals surface area contributed by atoms with Crippen LogP contribution in [0.2, 0.25) is 0 Å². The smallest absolute Gasteiger partial charge is 0.341 e. The summed E-state index contributed by atoms with van der Waals surface area (Å²) < 4.78 is 33.4. The van der Waals surface area contributed by atoms with Crippen LogP contribution in [-0.2, 0) is 18.1 Å². The van der Waals surface area contributed by atoms with Crippen LogP contribution in [0.1, 0.15) is 28.4 Å². The Hall–Kier alpha value is -5.39. The highest BCUT2D eigenvalue weighted by molar-refractivity contribution is 6.10. The molecule has 0 fully saturated rings. The van der Waals surface area contributed by atoms with Crippen LogP contribution < -0.4 is 16.4 Å². The lowest BCUT2D eigenvalue weighted by Crippen LogP contribution is -2.20. The number of carbonyl (C=O) groups excluding carboxylic acids is 2. The Morgan fingerprint density at radius 2 is 1.71 bits per heavy atom. The van der Waals surface area contributed by atoms with Crippen LogP contribution in [0.3, 0.4) is 0 Å². The van der Waals surface area contributed by atoms with Crippen molar-refractivity contribution in [1.29, 1.82) is 0 Å². The summed E-state index contributed by atoms with van der Waals surface area (Å²) >= 11 is 0. The molecular weight excluding hydrogens is 532 g/mol. The number of aromatic nitrogens is 4. The molecule has 41 heavy (non-hydrogen) atoms. The van der Waals surface area contributed by atoms with Gasteiger partial charge in [0.15, 0.2) is 5.82 Å². The number of benzene rings is 2. The fraction of sp³-hybridized carbons (Fsp3) is 0.138. The number of anilines is 3. The number of pyridine rings is 1. The number of fused-ring (bicyclic) bond motifs is 1. The van der Waals surface area contributed by atoms with Crippen molar-refractivity contribution in [3.63, 3.8) is 0 Å². The van der Waals surface area contributed by atoms with Gasteiger partial charge in [0, 0.05) is 23.0 Å². The van der Waals surface area contributed by atoms with Crippen LogP contribution in [0.25, 0.3) is 27.9 Å². The standard InChI is InChI=1S/C29H25F2N7O3/c1-2-41-28(39)24-23(26-27(32)34-16-35-38(26)25(24)20-5-3-4-17(12-20)14-30)19-6-8-21(9-7-19)36-29(40)37-22-13-18(15-31)10-11-33-22/h3-13,16H,2,14-15H2,1H3,(H2,32,34,35)(H2,33,36,37,40). The lowest BCUT2D eigenvalue weighted by molar-refractivity contribution is 0.0528. The summed E-state index contributed by atoms with van der Waals surface area (Å²) in [5.74, 6) is -0.288. The Morgan fingerprint density at radius 1 is 0.951 bits per heavy atom. The van der Waals surface area contributed by atoms with Crippen molar-refractivity contribution in [2.75, 3.05) is 23.0 Å². The highest BCUT2D eigenvalue weighted by Gasteiger charge is 2.29. The predicted molar refractivity (Wildman–Crippen MR) is 151 cm³/mol. The van der Waals surface area contributed by atoms with E-state index in [0.29, 0.717) is 44.7 Å². The molecule has 0 aliphatic carbocycles. The van der Waals surface area contributed by atoms with Crippen molar-refractivity contribution in [3.05, 3.63) is 89.9 Å². The SMILES string of the molecule is CCOC(=O)c1c(-c2ccc(NC(=O)Nc3cc(CF)ccn3)cc2)c2c(N)ncnn2c1-c1cccc(CF)c1. The molecule has 0 radical (unpaired) electrons. The number of halogens is 2. The second-order valence-corrected chi connectivity index (χ2v) is 8.90. The maximum Gasteiger partial charge on any atom is 0.341 e. The first kappa shape index (κ1) is 27.2. The van der Waals surface area contributed by atoms with Crippen LogP contribution >= 0.6 is 0 Å². The number of amides is 2. The molecule has 10 nitrogen and oxygen atoms in total. The van der Waals surface area contributed by atoms with Gasteiger partial charge in [0.2, 0.25) is 0 Å². The second-order valence-electron chi connectivity index (χ2n) is 8.90. The van der Waals surface area contributed by atoms with Gasteiger partial charge in [-0.05, 0) is 53.9 Å². The third-order valence-electron chi connectivity index (χ3n) is 6.24. The number of esters is 1. The molecule has 3 aromatic heterocycles. The predicted octanol–water partition coefficient (Wildman–Crippen LogP) is 5.80. The topological polar surface area (TPSA) is 137 Å². The highest BCUT2D eigenvalue weighted by atomic mass is 19.1. The first-order valence-corrected chi connectivity index (χ1v) is 12.6. The maximum absolute atomic E-state index is 13.5. The minimum Gasteiger partial charge on any atom is -0.462 e. The molecule has 3 heterocycles. The van der Waals surface area contributed by atoms with E-state index in [2.05, 4.69) is 25.7 Å². The maximum atomic E-state index is 13.5. The van der Waals surface area contributed by atoms with Gasteiger partial charge in [0.25, 0.3) is 0 Å². The lowest BCUT2D eigenvalue weighted by Gasteiger charge is -2.10. The van der Waals surface area contributed by atoms with Crippen LogP contribution in [0.5, 0.6) is 0 Å². The van der Waals surface area contributed by atoms with Crippen molar-refractivity contribution in [2.45, 2.75) is 20.3 Å². The Morgan fingerprint density at radius 3 is 2.44 bits per heavy atom. The quantitative estimate of drug-likeness (QED) is 0.205. The molecule has 2 aromatic carbocycles. The molecule has 0 spiro atoms. The van der Waals surface area contributed by atoms with Gasteiger partial charge in [0.05, 0.1) is 17.9 Å². The number of alkyl halides is 2. The summed E-state index contributed by atoms with van der Waals surface area (Å²) in [6.07, 6.45) is 2.67. The van der Waals surface area contributed by atoms with E-state index >= 15 is 0 Å². The highest BCUT2D eigenvalue weighted by Crippen LogP contribution is 2.40. The molecular formula is C29H25F2N7O3. The Bertz CT molecular complexity index is 1740. The first-order valence-electron chi connectivity index (χ1n) is 12.6. The summed E-state index contributed by atoms with van der Waals surface area (Å²) in [5.41, 5.74) is 10.0. The number of nitrogens with two attached hydrogens (primary N) is 1. The van der Waals surface area contributed by atoms with E-state index < -0.39 is 25.3 Å². The number of rotatable bonds is 8. The van der Waals surface area contributed by atoms with Gasteiger partial charge in [-0.25, -0.2) is 32.9 Å². The van der Waals surface area contributed by atoms with Crippen molar-refractivity contribution in [2.24, 2.45) is 0 Å². The van der Waals surface area contributed by atoms with Crippen LogP contribution in [0.15, 0.2) is 73.2 Å². The van der Waals surface area contributed by atoms with E-state index in [1.807, 2.05) is 0 Å². The minimum absolute atomic E-state index is 0.122. The molecule has 12 heteroatoms. The van der Waals surface area contributed by atoms with Crippen LogP contribution in [-0.4, -0.2) is 38.2 Å². The van der Waals surface area contributed by atoms with Gasteiger partial charge in [-0.2, -0.15) is 5.10 Å². The average Bonchev–Trinajstić information content (AvgIpc) is 3.34. The molecule has 0 aliphatic heterocycles. The number of hydrogen-bond donors (Lipinski definition) is 3. The monoisotopic (exact) mass is 557 g/mol. The molecule has 0 atom stereocenters. The van der Waals surface area contributed by atoms with E-state index in [9.17, 15) is 18.4 Å². The molecule has 5 rings (SSSR count). The van der Waals surface area contributed by atoms with Gasteiger partial charge in [0.1, 0.15) is 31.0 Å². The summed E-state index contributed by atoms with van der Waals surface area (Å²) in [6.45, 7) is 0.451. The van der Waals surface area contributed by atoms with Gasteiger partial charge >= 0.3 is 12.0 Å². The van der Waals surface area contributed by atoms with E-state index in [1.54, 1.807) is 55.5 Å². The number of urea groups is 1. The average molecular weight is 558 g/mol. The van der Waals surface area contributed by atoms with E-state index in [-0.39, 0.29) is 23.8 Å². The summed E-state index contributed by atoms with van der Waals surface area (Å²) in [4.78, 5) is 34.0. The van der Waals surface area contributed by atoms with Gasteiger partial charge < -0.3 is 15.8 Å². The summed E-state index contributed by atoms with van der Waals surface area (Å²) in [5, 5.41) is 9.61. The van der Waals surface area contributed by atoms with Crippen LogP contribution in [0.4, 0.5) is 30.9 Å². The van der Waals surface area contributed by atoms with Crippen LogP contribution in [0, 0.1) is 0 Å². The van der Waals surface area contributed by atoms with Crippen molar-refractivity contribution in [1.82, 2.24) is 19.6 Å². The Balaban J connectivity index is 1.57. The van der Waals surface area contributed by atoms with Crippen molar-refractivity contribution in [3.8, 4) is 22.4 Å². The molecule has 0 unspecified atom stereocenters. The minimum atomic E-state index is -0.685. The second kappa shape index (κ2) is 11.8. The zero-order chi connectivity index (χ0) is 28.9. The molecule has 0 aliphatic rings. The molecule has 4 N–H and O–H groups in total. The Labute approximate surface area is 233 Å². The largest absolute Gasteiger partial charge is 0.462 e. The van der Waals surface area contributed by atoms with Gasteiger partial charge in [-0.1, -0.05) is 30.3 Å². The lowest BCUT2D eigenvalue weighted by atomic mass is 9.97. The van der Waals surface area contributed by atoms with Gasteiger partial charge in [-0.15, -0.1) is 0 Å². The number of nitrogen functional groups attached to an aromatic ring is 1. The van der Waals surface area contributed by atoms with Crippen molar-refractivity contribution >= 4 is 34.8 Å². The number of ether oxygens (including phenoxy) is 1. The molecule has 0 bridgehead atoms. The van der Waals surface area contributed by atoms with E-state index in [0.717, 1.165) is 0 Å². The zero-order valence-corrected chi connectivity index (χ0v) is 21.9. The molecule has 5 aromatic rings. The fourth-order valence-electron chi connectivity index (χ4n) is 4.49. The first-order chi connectivity index (χ1) is 19.9. The molecule has 0 saturated carbocycles. The third-order valence-corrected chi connectivity index (χ3v) is 6.24. The number of hydrogen-bond acceptors (Lipinski definition) is 7. The molecule has 0 saturated heterocycles. The van der Waals surface area contributed by atoms with Crippen molar-refractivity contribution < 1.29 is 23.1 Å². The molecule has 2 amide bonds. The van der Waals surface area contributed by atoms with E-state index in [1.165, 1.54) is 29.2 Å². The number of nitrogens with one attached hydrogen (secondary N) is 2. The normalized spacial score (nSPS) is 10.9. The molecule has 208 valence electrons. The fourth-order valence-corrected chi connectivity index (χ4v) is 4.49. The van der Waals surface area contributed by atoms with E-state index in [4.69, 9.17) is 10.5 Å². The van der Waals surface area contributed by atoms with Gasteiger partial charge in [-0.3, -0.25) is 5.32 Å². The zero-order valence-electron chi connectivity index (χ0n) is 21.9. The number of nitrogens with zero attached hydrogens (tertiary/aromatic N) is 4. The summed E-state index contributed by atoms with van der Waals surface area (Å²) in [7, 11) is 0. The Kier molecular flexibility index (Phi) is 7.81. The third kappa shape index (κ3) is 5.53.